The van der Waals surface area contributed by atoms with E-state index in [4.69, 9.17) is 4.42 Å². The van der Waals surface area contributed by atoms with Gasteiger partial charge < -0.3 is 9.73 Å². The van der Waals surface area contributed by atoms with Crippen LogP contribution in [0.2, 0.25) is 0 Å². The molecule has 0 aliphatic heterocycles. The van der Waals surface area contributed by atoms with E-state index in [-0.39, 0.29) is 5.91 Å². The summed E-state index contributed by atoms with van der Waals surface area (Å²) in [6.45, 7) is 3.78. The molecule has 1 N–H and O–H groups in total. The first-order valence-electron chi connectivity index (χ1n) is 6.47. The molecule has 0 radical (unpaired) electrons. The van der Waals surface area contributed by atoms with Crippen molar-refractivity contribution in [1.29, 1.82) is 0 Å². The van der Waals surface area contributed by atoms with Crippen molar-refractivity contribution >= 4 is 38.6 Å². The fourth-order valence-corrected chi connectivity index (χ4v) is 2.69. The Kier molecular flexibility index (Phi) is 3.51. The highest BCUT2D eigenvalue weighted by molar-refractivity contribution is 9.10. The second-order valence-corrected chi connectivity index (χ2v) is 5.71. The normalized spacial score (nSPS) is 10.8. The molecule has 5 heteroatoms. The predicted molar refractivity (Wildman–Crippen MR) is 85.6 cm³/mol. The Morgan fingerprint density at radius 1 is 1.19 bits per heavy atom. The van der Waals surface area contributed by atoms with Gasteiger partial charge in [0.15, 0.2) is 11.5 Å². The summed E-state index contributed by atoms with van der Waals surface area (Å²) in [4.78, 5) is 16.5. The molecule has 0 saturated heterocycles. The van der Waals surface area contributed by atoms with Crippen molar-refractivity contribution < 1.29 is 9.21 Å². The lowest BCUT2D eigenvalue weighted by molar-refractivity contribution is 0.102. The molecule has 0 unspecified atom stereocenters. The van der Waals surface area contributed by atoms with Crippen molar-refractivity contribution in [2.24, 2.45) is 0 Å². The SMILES string of the molecule is Cc1ccc(NC(=O)c2ccc3oc(C)nc3c2)c(Br)c1. The average molecular weight is 345 g/mol. The lowest BCUT2D eigenvalue weighted by atomic mass is 10.2. The number of carbonyl (C=O) groups excluding carboxylic acids is 1. The summed E-state index contributed by atoms with van der Waals surface area (Å²) >= 11 is 3.45. The molecule has 2 aromatic carbocycles. The summed E-state index contributed by atoms with van der Waals surface area (Å²) in [7, 11) is 0. The van der Waals surface area contributed by atoms with E-state index in [1.807, 2.05) is 25.1 Å². The van der Waals surface area contributed by atoms with Crippen molar-refractivity contribution in [2.75, 3.05) is 5.32 Å². The molecule has 0 fully saturated rings. The standard InChI is InChI=1S/C16H13BrN2O2/c1-9-3-5-13(12(17)7-9)19-16(20)11-4-6-15-14(8-11)18-10(2)21-15/h3-8H,1-2H3,(H,19,20). The summed E-state index contributed by atoms with van der Waals surface area (Å²) in [5.74, 6) is 0.408. The minimum Gasteiger partial charge on any atom is -0.441 e. The van der Waals surface area contributed by atoms with Crippen molar-refractivity contribution in [2.45, 2.75) is 13.8 Å². The van der Waals surface area contributed by atoms with Crippen LogP contribution in [-0.4, -0.2) is 10.9 Å². The molecule has 1 heterocycles. The van der Waals surface area contributed by atoms with Crippen LogP contribution >= 0.6 is 15.9 Å². The first-order chi connectivity index (χ1) is 10.0. The third-order valence-electron chi connectivity index (χ3n) is 3.13. The number of hydrogen-bond acceptors (Lipinski definition) is 3. The van der Waals surface area contributed by atoms with E-state index in [1.165, 1.54) is 0 Å². The molecule has 106 valence electrons. The van der Waals surface area contributed by atoms with Crippen LogP contribution in [0.3, 0.4) is 0 Å². The summed E-state index contributed by atoms with van der Waals surface area (Å²) in [5, 5.41) is 2.88. The van der Waals surface area contributed by atoms with Gasteiger partial charge in [-0.2, -0.15) is 0 Å². The molecule has 0 aliphatic carbocycles. The molecule has 0 spiro atoms. The third-order valence-corrected chi connectivity index (χ3v) is 3.79. The van der Waals surface area contributed by atoms with E-state index in [9.17, 15) is 4.79 Å². The molecule has 21 heavy (non-hydrogen) atoms. The van der Waals surface area contributed by atoms with Crippen LogP contribution in [0.25, 0.3) is 11.1 Å². The highest BCUT2D eigenvalue weighted by atomic mass is 79.9. The maximum absolute atomic E-state index is 12.3. The Bertz CT molecular complexity index is 839. The fourth-order valence-electron chi connectivity index (χ4n) is 2.10. The van der Waals surface area contributed by atoms with Gasteiger partial charge >= 0.3 is 0 Å². The lowest BCUT2D eigenvalue weighted by Gasteiger charge is -2.08. The zero-order valence-corrected chi connectivity index (χ0v) is 13.2. The first kappa shape index (κ1) is 13.8. The van der Waals surface area contributed by atoms with Gasteiger partial charge in [-0.25, -0.2) is 4.98 Å². The van der Waals surface area contributed by atoms with Crippen molar-refractivity contribution in [3.63, 3.8) is 0 Å². The van der Waals surface area contributed by atoms with Crippen LogP contribution in [0.5, 0.6) is 0 Å². The molecule has 0 aliphatic rings. The van der Waals surface area contributed by atoms with Crippen LogP contribution in [0.4, 0.5) is 5.69 Å². The van der Waals surface area contributed by atoms with Crippen LogP contribution in [0.15, 0.2) is 45.3 Å². The smallest absolute Gasteiger partial charge is 0.255 e. The topological polar surface area (TPSA) is 55.1 Å². The zero-order chi connectivity index (χ0) is 15.0. The van der Waals surface area contributed by atoms with E-state index in [2.05, 4.69) is 26.2 Å². The first-order valence-corrected chi connectivity index (χ1v) is 7.27. The van der Waals surface area contributed by atoms with Crippen molar-refractivity contribution in [3.05, 3.63) is 57.9 Å². The van der Waals surface area contributed by atoms with E-state index < -0.39 is 0 Å². The molecule has 1 aromatic heterocycles. The van der Waals surface area contributed by atoms with Gasteiger partial charge in [-0.15, -0.1) is 0 Å². The van der Waals surface area contributed by atoms with E-state index >= 15 is 0 Å². The summed E-state index contributed by atoms with van der Waals surface area (Å²) in [5.41, 5.74) is 3.77. The number of oxazole rings is 1. The second kappa shape index (κ2) is 5.33. The maximum Gasteiger partial charge on any atom is 0.255 e. The number of fused-ring (bicyclic) bond motifs is 1. The number of aryl methyl sites for hydroxylation is 2. The number of anilines is 1. The van der Waals surface area contributed by atoms with E-state index in [0.717, 1.165) is 15.7 Å². The van der Waals surface area contributed by atoms with E-state index in [1.54, 1.807) is 25.1 Å². The lowest BCUT2D eigenvalue weighted by Crippen LogP contribution is -2.12. The third kappa shape index (κ3) is 2.83. The van der Waals surface area contributed by atoms with Crippen LogP contribution in [0.1, 0.15) is 21.8 Å². The molecule has 0 bridgehead atoms. The number of hydrogen-bond donors (Lipinski definition) is 1. The van der Waals surface area contributed by atoms with Gasteiger partial charge in [0.25, 0.3) is 5.91 Å². The minimum absolute atomic E-state index is 0.179. The quantitative estimate of drug-likeness (QED) is 0.746. The molecule has 0 atom stereocenters. The molecular weight excluding hydrogens is 332 g/mol. The van der Waals surface area contributed by atoms with Crippen molar-refractivity contribution in [1.82, 2.24) is 4.98 Å². The van der Waals surface area contributed by atoms with Gasteiger partial charge in [0.2, 0.25) is 0 Å². The van der Waals surface area contributed by atoms with Crippen LogP contribution in [0, 0.1) is 13.8 Å². The van der Waals surface area contributed by atoms with Gasteiger partial charge in [0, 0.05) is 17.0 Å². The number of benzene rings is 2. The Balaban J connectivity index is 1.89. The summed E-state index contributed by atoms with van der Waals surface area (Å²) < 4.78 is 6.26. The highest BCUT2D eigenvalue weighted by Gasteiger charge is 2.11. The van der Waals surface area contributed by atoms with E-state index in [0.29, 0.717) is 22.6 Å². The van der Waals surface area contributed by atoms with Crippen LogP contribution in [-0.2, 0) is 0 Å². The Labute approximate surface area is 130 Å². The monoisotopic (exact) mass is 344 g/mol. The molecular formula is C16H13BrN2O2. The summed E-state index contributed by atoms with van der Waals surface area (Å²) in [6, 6.07) is 11.0. The molecule has 4 nitrogen and oxygen atoms in total. The van der Waals surface area contributed by atoms with Gasteiger partial charge in [-0.05, 0) is 58.7 Å². The minimum atomic E-state index is -0.179. The van der Waals surface area contributed by atoms with Crippen molar-refractivity contribution in [3.8, 4) is 0 Å². The van der Waals surface area contributed by atoms with Gasteiger partial charge in [0.1, 0.15) is 5.52 Å². The molecule has 3 aromatic rings. The Morgan fingerprint density at radius 2 is 2.00 bits per heavy atom. The van der Waals surface area contributed by atoms with Gasteiger partial charge in [0.05, 0.1) is 5.69 Å². The molecule has 0 saturated carbocycles. The highest BCUT2D eigenvalue weighted by Crippen LogP contribution is 2.24. The number of carbonyl (C=O) groups is 1. The summed E-state index contributed by atoms with van der Waals surface area (Å²) in [6.07, 6.45) is 0. The maximum atomic E-state index is 12.3. The largest absolute Gasteiger partial charge is 0.441 e. The molecule has 3 rings (SSSR count). The van der Waals surface area contributed by atoms with Gasteiger partial charge in [-0.3, -0.25) is 4.79 Å². The molecule has 1 amide bonds. The zero-order valence-electron chi connectivity index (χ0n) is 11.6. The number of halogens is 1. The second-order valence-electron chi connectivity index (χ2n) is 4.85. The number of rotatable bonds is 2. The predicted octanol–water partition coefficient (Wildman–Crippen LogP) is 4.46. The number of amides is 1. The number of nitrogens with one attached hydrogen (secondary N) is 1. The van der Waals surface area contributed by atoms with Crippen LogP contribution < -0.4 is 5.32 Å². The average Bonchev–Trinajstić information content (AvgIpc) is 2.80. The Hall–Kier alpha value is -2.14. The number of nitrogens with zero attached hydrogens (tertiary/aromatic N) is 1. The fraction of sp³-hybridized carbons (Fsp3) is 0.125. The number of aromatic nitrogens is 1. The van der Waals surface area contributed by atoms with Gasteiger partial charge in [-0.1, -0.05) is 6.07 Å². The Morgan fingerprint density at radius 3 is 2.76 bits per heavy atom.